The minimum absolute atomic E-state index is 0.0977. The van der Waals surface area contributed by atoms with Crippen molar-refractivity contribution in [3.63, 3.8) is 0 Å². The molecule has 0 aromatic rings. The van der Waals surface area contributed by atoms with E-state index < -0.39 is 6.10 Å². The zero-order valence-electron chi connectivity index (χ0n) is 49.5. The van der Waals surface area contributed by atoms with Gasteiger partial charge in [-0.25, -0.2) is 0 Å². The average Bonchev–Trinajstić information content (AvgIpc) is 3.42. The molecule has 0 amide bonds. The lowest BCUT2D eigenvalue weighted by Crippen LogP contribution is -2.30. The number of hydrogen-bond donors (Lipinski definition) is 0. The molecule has 0 saturated carbocycles. The van der Waals surface area contributed by atoms with Gasteiger partial charge >= 0.3 is 17.9 Å². The molecule has 1 unspecified atom stereocenters. The Morgan fingerprint density at radius 3 is 0.842 bits per heavy atom. The number of hydrogen-bond acceptors (Lipinski definition) is 6. The maximum absolute atomic E-state index is 12.9. The van der Waals surface area contributed by atoms with Crippen molar-refractivity contribution in [1.29, 1.82) is 0 Å². The van der Waals surface area contributed by atoms with Crippen LogP contribution < -0.4 is 0 Å². The van der Waals surface area contributed by atoms with E-state index >= 15 is 0 Å². The summed E-state index contributed by atoms with van der Waals surface area (Å²) in [5.41, 5.74) is 0. The number of unbranched alkanes of at least 4 members (excludes halogenated alkanes) is 25. The maximum atomic E-state index is 12.9. The average molecular weight is 1050 g/mol. The molecule has 6 nitrogen and oxygen atoms in total. The van der Waals surface area contributed by atoms with Crippen molar-refractivity contribution < 1.29 is 28.6 Å². The second-order valence-corrected chi connectivity index (χ2v) is 20.6. The molecular weight excluding hydrogens is 937 g/mol. The fourth-order valence-corrected chi connectivity index (χ4v) is 8.49. The molecule has 0 bridgehead atoms. The van der Waals surface area contributed by atoms with E-state index in [0.717, 1.165) is 128 Å². The Labute approximate surface area is 469 Å². The third-order valence-electron chi connectivity index (χ3n) is 13.2. The second-order valence-electron chi connectivity index (χ2n) is 20.6. The molecular formula is C70H116O6. The van der Waals surface area contributed by atoms with E-state index in [-0.39, 0.29) is 31.1 Å². The van der Waals surface area contributed by atoms with Crippen LogP contribution in [-0.2, 0) is 28.6 Å². The number of rotatable bonds is 56. The molecule has 0 N–H and O–H groups in total. The van der Waals surface area contributed by atoms with Gasteiger partial charge in [0.2, 0.25) is 0 Å². The molecule has 6 heteroatoms. The van der Waals surface area contributed by atoms with Gasteiger partial charge in [0.15, 0.2) is 6.10 Å². The Morgan fingerprint density at radius 2 is 0.513 bits per heavy atom. The van der Waals surface area contributed by atoms with Gasteiger partial charge in [-0.15, -0.1) is 0 Å². The lowest BCUT2D eigenvalue weighted by molar-refractivity contribution is -0.167. The van der Waals surface area contributed by atoms with Crippen molar-refractivity contribution >= 4 is 17.9 Å². The first-order valence-corrected chi connectivity index (χ1v) is 31.5. The molecule has 0 aromatic carbocycles. The van der Waals surface area contributed by atoms with E-state index in [0.29, 0.717) is 25.7 Å². The third kappa shape index (κ3) is 60.7. The lowest BCUT2D eigenvalue weighted by Gasteiger charge is -2.18. The summed E-state index contributed by atoms with van der Waals surface area (Å²) in [7, 11) is 0. The normalized spacial score (nSPS) is 12.9. The van der Waals surface area contributed by atoms with Gasteiger partial charge in [-0.2, -0.15) is 0 Å². The van der Waals surface area contributed by atoms with E-state index in [2.05, 4.69) is 142 Å². The predicted octanol–water partition coefficient (Wildman–Crippen LogP) is 21.6. The highest BCUT2D eigenvalue weighted by molar-refractivity contribution is 5.71. The minimum atomic E-state index is -0.806. The number of allylic oxidation sites excluding steroid dienone is 20. The molecule has 76 heavy (non-hydrogen) atoms. The first-order valence-electron chi connectivity index (χ1n) is 31.5. The maximum Gasteiger partial charge on any atom is 0.306 e. The van der Waals surface area contributed by atoms with E-state index in [9.17, 15) is 14.4 Å². The van der Waals surface area contributed by atoms with Crippen molar-refractivity contribution in [2.75, 3.05) is 13.2 Å². The van der Waals surface area contributed by atoms with Crippen LogP contribution in [0.5, 0.6) is 0 Å². The number of carbonyl (C=O) groups is 3. The summed E-state index contributed by atoms with van der Waals surface area (Å²) in [5.74, 6) is -0.952. The molecule has 0 rings (SSSR count). The molecule has 0 aliphatic rings. The van der Waals surface area contributed by atoms with E-state index in [1.165, 1.54) is 109 Å². The van der Waals surface area contributed by atoms with Crippen LogP contribution >= 0.6 is 0 Å². The van der Waals surface area contributed by atoms with Crippen molar-refractivity contribution in [2.24, 2.45) is 0 Å². The largest absolute Gasteiger partial charge is 0.462 e. The molecule has 0 aliphatic heterocycles. The fraction of sp³-hybridized carbons (Fsp3) is 0.671. The molecule has 0 fully saturated rings. The Kier molecular flexibility index (Phi) is 59.9. The predicted molar refractivity (Wildman–Crippen MR) is 330 cm³/mol. The van der Waals surface area contributed by atoms with Gasteiger partial charge in [-0.3, -0.25) is 14.4 Å². The summed E-state index contributed by atoms with van der Waals surface area (Å²) in [6, 6.07) is 0. The Hall–Kier alpha value is -4.19. The van der Waals surface area contributed by atoms with Crippen LogP contribution in [0.15, 0.2) is 122 Å². The summed E-state index contributed by atoms with van der Waals surface area (Å²) in [5, 5.41) is 0. The summed E-state index contributed by atoms with van der Waals surface area (Å²) in [4.78, 5) is 38.3. The fourth-order valence-electron chi connectivity index (χ4n) is 8.49. The van der Waals surface area contributed by atoms with Crippen LogP contribution in [0.2, 0.25) is 0 Å². The summed E-state index contributed by atoms with van der Waals surface area (Å²) in [6.07, 6.45) is 87.7. The van der Waals surface area contributed by atoms with Crippen LogP contribution in [0.3, 0.4) is 0 Å². The summed E-state index contributed by atoms with van der Waals surface area (Å²) < 4.78 is 16.9. The highest BCUT2D eigenvalue weighted by Gasteiger charge is 2.19. The Morgan fingerprint density at radius 1 is 0.276 bits per heavy atom. The van der Waals surface area contributed by atoms with Crippen molar-refractivity contribution in [3.8, 4) is 0 Å². The van der Waals surface area contributed by atoms with Crippen LogP contribution in [0.4, 0.5) is 0 Å². The molecule has 0 aliphatic carbocycles. The van der Waals surface area contributed by atoms with Crippen LogP contribution in [-0.4, -0.2) is 37.2 Å². The summed E-state index contributed by atoms with van der Waals surface area (Å²) >= 11 is 0. The first-order chi connectivity index (χ1) is 37.5. The number of carbonyl (C=O) groups excluding carboxylic acids is 3. The SMILES string of the molecule is CC/C=C\C/C=C\C/C=C\C/C=C\C/C=C\C/C=C\C/C=C\C/C=C\CCCCC(=O)OCC(COC(=O)CCCCCCCCCCCCCCCCC)OC(=O)CCCCCCC/C=C\C/C=C\CCCCCC. The smallest absolute Gasteiger partial charge is 0.306 e. The van der Waals surface area contributed by atoms with E-state index in [1.54, 1.807) is 0 Å². The highest BCUT2D eigenvalue weighted by atomic mass is 16.6. The van der Waals surface area contributed by atoms with Gasteiger partial charge in [0.1, 0.15) is 13.2 Å². The summed E-state index contributed by atoms with van der Waals surface area (Å²) in [6.45, 7) is 6.48. The standard InChI is InChI=1S/C70H116O6/c1-4-7-10-13-16-19-22-25-28-30-31-32-33-34-35-36-37-38-39-40-43-45-48-51-54-57-60-63-69(72)75-66-67(65-74-68(71)62-59-56-53-50-47-44-41-27-24-21-18-15-12-9-6-3)76-70(73)64-61-58-55-52-49-46-42-29-26-23-20-17-14-11-8-5-2/h7,10,16,19-20,23,25,28-29,31-32,34-35,37-38,40,42-43,48,51,67H,4-6,8-9,11-15,17-18,21-22,24,26-27,30,33,36,39,41,44-47,49-50,52-66H2,1-3H3/b10-7-,19-16-,23-20-,28-25-,32-31-,35-34-,38-37-,42-29-,43-40-,51-48-. The molecule has 0 heterocycles. The lowest BCUT2D eigenvalue weighted by atomic mass is 10.0. The minimum Gasteiger partial charge on any atom is -0.462 e. The quantitative estimate of drug-likeness (QED) is 0.0261. The third-order valence-corrected chi connectivity index (χ3v) is 13.2. The van der Waals surface area contributed by atoms with Crippen molar-refractivity contribution in [2.45, 2.75) is 290 Å². The van der Waals surface area contributed by atoms with E-state index in [4.69, 9.17) is 14.2 Å². The van der Waals surface area contributed by atoms with Crippen molar-refractivity contribution in [1.82, 2.24) is 0 Å². The molecule has 432 valence electrons. The zero-order chi connectivity index (χ0) is 55.0. The Balaban J connectivity index is 4.45. The highest BCUT2D eigenvalue weighted by Crippen LogP contribution is 2.15. The van der Waals surface area contributed by atoms with Gasteiger partial charge in [-0.1, -0.05) is 271 Å². The van der Waals surface area contributed by atoms with Crippen LogP contribution in [0.25, 0.3) is 0 Å². The molecule has 0 spiro atoms. The zero-order valence-corrected chi connectivity index (χ0v) is 49.5. The van der Waals surface area contributed by atoms with Gasteiger partial charge in [0, 0.05) is 19.3 Å². The van der Waals surface area contributed by atoms with Gasteiger partial charge in [0.05, 0.1) is 0 Å². The first kappa shape index (κ1) is 71.8. The molecule has 0 saturated heterocycles. The molecule has 1 atom stereocenters. The number of ether oxygens (including phenoxy) is 3. The van der Waals surface area contributed by atoms with Crippen LogP contribution in [0.1, 0.15) is 284 Å². The topological polar surface area (TPSA) is 78.9 Å². The van der Waals surface area contributed by atoms with Crippen LogP contribution in [0, 0.1) is 0 Å². The number of esters is 3. The van der Waals surface area contributed by atoms with Crippen molar-refractivity contribution in [3.05, 3.63) is 122 Å². The van der Waals surface area contributed by atoms with Gasteiger partial charge in [0.25, 0.3) is 0 Å². The molecule has 0 aromatic heterocycles. The second kappa shape index (κ2) is 63.3. The Bertz CT molecular complexity index is 1590. The van der Waals surface area contributed by atoms with Gasteiger partial charge in [-0.05, 0) is 116 Å². The monoisotopic (exact) mass is 1050 g/mol. The van der Waals surface area contributed by atoms with Gasteiger partial charge < -0.3 is 14.2 Å². The molecule has 0 radical (unpaired) electrons. The van der Waals surface area contributed by atoms with E-state index in [1.807, 2.05) is 0 Å².